The zero-order valence-electron chi connectivity index (χ0n) is 10.6. The first-order valence-corrected chi connectivity index (χ1v) is 5.96. The lowest BCUT2D eigenvalue weighted by Gasteiger charge is -2.00. The molecule has 2 N–H and O–H groups in total. The molecule has 0 saturated carbocycles. The van der Waals surface area contributed by atoms with Gasteiger partial charge in [0.25, 0.3) is 0 Å². The van der Waals surface area contributed by atoms with Crippen LogP contribution in [0.5, 0.6) is 0 Å². The minimum atomic E-state index is -1.06. The summed E-state index contributed by atoms with van der Waals surface area (Å²) in [6.07, 6.45) is 6.02. The van der Waals surface area contributed by atoms with Crippen LogP contribution in [0.1, 0.15) is 28.0 Å². The summed E-state index contributed by atoms with van der Waals surface area (Å²) in [5, 5.41) is 22.0. The third kappa shape index (κ3) is 2.97. The normalized spacial score (nSPS) is 10.6. The van der Waals surface area contributed by atoms with E-state index in [1.807, 2.05) is 13.0 Å². The van der Waals surface area contributed by atoms with Crippen molar-refractivity contribution < 1.29 is 15.0 Å². The minimum Gasteiger partial charge on any atom is -0.476 e. The highest BCUT2D eigenvalue weighted by Gasteiger charge is 2.16. The summed E-state index contributed by atoms with van der Waals surface area (Å²) >= 11 is 0. The molecule has 6 heteroatoms. The molecule has 0 spiro atoms. The fourth-order valence-electron chi connectivity index (χ4n) is 1.84. The maximum Gasteiger partial charge on any atom is 0.356 e. The number of aromatic carboxylic acids is 1. The Labute approximate surface area is 110 Å². The first kappa shape index (κ1) is 13.2. The standard InChI is InChI=1S/C13H15N3O3/c1-9-5-11(7-14-6-9)16-8-10(3-2-4-17)12(15-16)13(18)19/h5-8,17H,2-4H2,1H3,(H,18,19). The molecule has 0 aliphatic rings. The second kappa shape index (κ2) is 5.62. The molecule has 0 unspecified atom stereocenters. The molecular weight excluding hydrogens is 246 g/mol. The van der Waals surface area contributed by atoms with Gasteiger partial charge in [0.1, 0.15) is 0 Å². The Morgan fingerprint density at radius 1 is 1.42 bits per heavy atom. The third-order valence-electron chi connectivity index (χ3n) is 2.72. The quantitative estimate of drug-likeness (QED) is 0.844. The lowest BCUT2D eigenvalue weighted by molar-refractivity contribution is 0.0688. The summed E-state index contributed by atoms with van der Waals surface area (Å²) in [4.78, 5) is 15.2. The summed E-state index contributed by atoms with van der Waals surface area (Å²) in [5.74, 6) is -1.06. The first-order valence-electron chi connectivity index (χ1n) is 5.96. The average Bonchev–Trinajstić information content (AvgIpc) is 2.80. The van der Waals surface area contributed by atoms with E-state index in [1.54, 1.807) is 18.6 Å². The van der Waals surface area contributed by atoms with E-state index in [-0.39, 0.29) is 12.3 Å². The minimum absolute atomic E-state index is 0.0231. The van der Waals surface area contributed by atoms with Crippen molar-refractivity contribution in [2.45, 2.75) is 19.8 Å². The molecule has 0 atom stereocenters. The largest absolute Gasteiger partial charge is 0.476 e. The number of carboxylic acid groups (broad SMARTS) is 1. The van der Waals surface area contributed by atoms with Gasteiger partial charge in [0, 0.05) is 24.6 Å². The van der Waals surface area contributed by atoms with Crippen molar-refractivity contribution in [3.8, 4) is 5.69 Å². The van der Waals surface area contributed by atoms with Gasteiger partial charge in [-0.3, -0.25) is 4.98 Å². The van der Waals surface area contributed by atoms with Crippen LogP contribution in [0.3, 0.4) is 0 Å². The van der Waals surface area contributed by atoms with Crippen LogP contribution in [0.2, 0.25) is 0 Å². The number of nitrogens with zero attached hydrogens (tertiary/aromatic N) is 3. The van der Waals surface area contributed by atoms with Gasteiger partial charge in [0.2, 0.25) is 0 Å². The van der Waals surface area contributed by atoms with Crippen molar-refractivity contribution in [2.75, 3.05) is 6.61 Å². The Bertz CT molecular complexity index is 593. The van der Waals surface area contributed by atoms with Crippen LogP contribution in [0.15, 0.2) is 24.7 Å². The van der Waals surface area contributed by atoms with Gasteiger partial charge in [0.05, 0.1) is 11.9 Å². The number of aliphatic hydroxyl groups excluding tert-OH is 1. The molecule has 6 nitrogen and oxygen atoms in total. The highest BCUT2D eigenvalue weighted by Crippen LogP contribution is 2.14. The molecule has 0 fully saturated rings. The Morgan fingerprint density at radius 3 is 2.84 bits per heavy atom. The van der Waals surface area contributed by atoms with Crippen LogP contribution in [-0.4, -0.2) is 37.6 Å². The summed E-state index contributed by atoms with van der Waals surface area (Å²) in [6.45, 7) is 1.93. The van der Waals surface area contributed by atoms with Crippen molar-refractivity contribution in [2.24, 2.45) is 0 Å². The van der Waals surface area contributed by atoms with Crippen LogP contribution in [0, 0.1) is 6.92 Å². The Balaban J connectivity index is 2.39. The van der Waals surface area contributed by atoms with Gasteiger partial charge in [-0.2, -0.15) is 5.10 Å². The van der Waals surface area contributed by atoms with Crippen LogP contribution in [0.4, 0.5) is 0 Å². The molecule has 0 saturated heterocycles. The molecular formula is C13H15N3O3. The number of aromatic nitrogens is 3. The molecule has 0 aromatic carbocycles. The number of aliphatic hydroxyl groups is 1. The molecule has 0 amide bonds. The van der Waals surface area contributed by atoms with E-state index in [1.165, 1.54) is 4.68 Å². The van der Waals surface area contributed by atoms with Gasteiger partial charge in [0.15, 0.2) is 5.69 Å². The molecule has 100 valence electrons. The molecule has 0 bridgehead atoms. The zero-order chi connectivity index (χ0) is 13.8. The van der Waals surface area contributed by atoms with E-state index in [0.717, 1.165) is 11.3 Å². The monoisotopic (exact) mass is 261 g/mol. The number of carboxylic acids is 1. The lowest BCUT2D eigenvalue weighted by Crippen LogP contribution is -2.03. The Hall–Kier alpha value is -2.21. The summed E-state index contributed by atoms with van der Waals surface area (Å²) < 4.78 is 1.51. The lowest BCUT2D eigenvalue weighted by atomic mass is 10.1. The summed E-state index contributed by atoms with van der Waals surface area (Å²) in [7, 11) is 0. The molecule has 2 aromatic rings. The van der Waals surface area contributed by atoms with E-state index in [9.17, 15) is 4.79 Å². The van der Waals surface area contributed by atoms with Crippen LogP contribution in [0.25, 0.3) is 5.69 Å². The van der Waals surface area contributed by atoms with E-state index >= 15 is 0 Å². The van der Waals surface area contributed by atoms with E-state index in [2.05, 4.69) is 10.1 Å². The summed E-state index contributed by atoms with van der Waals surface area (Å²) in [6, 6.07) is 1.88. The number of pyridine rings is 1. The molecule has 0 radical (unpaired) electrons. The SMILES string of the molecule is Cc1cncc(-n2cc(CCCO)c(C(=O)O)n2)c1. The van der Waals surface area contributed by atoms with Gasteiger partial charge >= 0.3 is 5.97 Å². The van der Waals surface area contributed by atoms with Crippen LogP contribution < -0.4 is 0 Å². The highest BCUT2D eigenvalue weighted by molar-refractivity contribution is 5.87. The fraction of sp³-hybridized carbons (Fsp3) is 0.308. The number of aryl methyl sites for hydroxylation is 2. The number of hydrogen-bond acceptors (Lipinski definition) is 4. The molecule has 2 heterocycles. The molecule has 2 aromatic heterocycles. The Morgan fingerprint density at radius 2 is 2.21 bits per heavy atom. The molecule has 0 aliphatic heterocycles. The topological polar surface area (TPSA) is 88.2 Å². The van der Waals surface area contributed by atoms with Gasteiger partial charge in [-0.15, -0.1) is 0 Å². The van der Waals surface area contributed by atoms with Gasteiger partial charge in [-0.25, -0.2) is 9.48 Å². The number of carbonyl (C=O) groups is 1. The first-order chi connectivity index (χ1) is 9.11. The van der Waals surface area contributed by atoms with E-state index < -0.39 is 5.97 Å². The van der Waals surface area contributed by atoms with Crippen LogP contribution in [-0.2, 0) is 6.42 Å². The van der Waals surface area contributed by atoms with Crippen molar-refractivity contribution in [3.05, 3.63) is 41.5 Å². The molecule has 0 aliphatic carbocycles. The second-order valence-electron chi connectivity index (χ2n) is 4.30. The molecule has 19 heavy (non-hydrogen) atoms. The van der Waals surface area contributed by atoms with Crippen molar-refractivity contribution in [1.29, 1.82) is 0 Å². The van der Waals surface area contributed by atoms with Gasteiger partial charge in [-0.05, 0) is 31.4 Å². The average molecular weight is 261 g/mol. The zero-order valence-corrected chi connectivity index (χ0v) is 10.6. The fourth-order valence-corrected chi connectivity index (χ4v) is 1.84. The van der Waals surface area contributed by atoms with Gasteiger partial charge < -0.3 is 10.2 Å². The van der Waals surface area contributed by atoms with Crippen molar-refractivity contribution >= 4 is 5.97 Å². The maximum absolute atomic E-state index is 11.1. The molecule has 2 rings (SSSR count). The van der Waals surface area contributed by atoms with Crippen molar-refractivity contribution in [1.82, 2.24) is 14.8 Å². The predicted octanol–water partition coefficient (Wildman–Crippen LogP) is 1.20. The maximum atomic E-state index is 11.1. The summed E-state index contributed by atoms with van der Waals surface area (Å²) in [5.41, 5.74) is 2.33. The van der Waals surface area contributed by atoms with Gasteiger partial charge in [-0.1, -0.05) is 0 Å². The van der Waals surface area contributed by atoms with E-state index in [4.69, 9.17) is 10.2 Å². The Kier molecular flexibility index (Phi) is 3.91. The van der Waals surface area contributed by atoms with E-state index in [0.29, 0.717) is 18.4 Å². The second-order valence-corrected chi connectivity index (χ2v) is 4.30. The van der Waals surface area contributed by atoms with Crippen LogP contribution >= 0.6 is 0 Å². The predicted molar refractivity (Wildman–Crippen MR) is 68.5 cm³/mol. The smallest absolute Gasteiger partial charge is 0.356 e. The third-order valence-corrected chi connectivity index (χ3v) is 2.72. The number of hydrogen-bond donors (Lipinski definition) is 2. The highest BCUT2D eigenvalue weighted by atomic mass is 16.4. The number of rotatable bonds is 5. The van der Waals surface area contributed by atoms with Crippen molar-refractivity contribution in [3.63, 3.8) is 0 Å².